The van der Waals surface area contributed by atoms with Gasteiger partial charge in [-0.05, 0) is 30.9 Å². The van der Waals surface area contributed by atoms with Crippen molar-refractivity contribution >= 4 is 23.2 Å². The highest BCUT2D eigenvalue weighted by atomic mass is 35.5. The molecule has 3 heterocycles. The average molecular weight is 375 g/mol. The van der Waals surface area contributed by atoms with Gasteiger partial charge in [-0.3, -0.25) is 14.7 Å². The highest BCUT2D eigenvalue weighted by molar-refractivity contribution is 6.30. The second-order valence-corrected chi connectivity index (χ2v) is 8.16. The lowest BCUT2D eigenvalue weighted by Gasteiger charge is -2.41. The van der Waals surface area contributed by atoms with Crippen molar-refractivity contribution in [3.8, 4) is 0 Å². The lowest BCUT2D eigenvalue weighted by atomic mass is 9.96. The van der Waals surface area contributed by atoms with E-state index in [9.17, 15) is 4.79 Å². The third-order valence-electron chi connectivity index (χ3n) is 5.67. The standard InChI is InChI=1S/C20H27ClN4O/c1-2-4-15-11-23(12-15)14-24-13-18(25-10-3-5-19(25)26)20(22-24)16-6-8-17(21)9-7-16/h6-9,15,18H,2-5,10-14H2,1H3. The monoisotopic (exact) mass is 374 g/mol. The molecule has 1 atom stereocenters. The Bertz CT molecular complexity index is 684. The summed E-state index contributed by atoms with van der Waals surface area (Å²) in [6.07, 6.45) is 4.20. The molecular weight excluding hydrogens is 348 g/mol. The smallest absolute Gasteiger partial charge is 0.223 e. The van der Waals surface area contributed by atoms with Crippen LogP contribution in [0.5, 0.6) is 0 Å². The number of hydrogen-bond donors (Lipinski definition) is 0. The van der Waals surface area contributed by atoms with Crippen LogP contribution in [0.1, 0.15) is 38.2 Å². The molecule has 1 aromatic carbocycles. The first-order valence-electron chi connectivity index (χ1n) is 9.75. The molecule has 0 saturated carbocycles. The van der Waals surface area contributed by atoms with Crippen LogP contribution in [0.2, 0.25) is 5.02 Å². The molecule has 3 aliphatic heterocycles. The second kappa shape index (κ2) is 7.57. The molecule has 140 valence electrons. The van der Waals surface area contributed by atoms with Crippen LogP contribution < -0.4 is 0 Å². The predicted octanol–water partition coefficient (Wildman–Crippen LogP) is 3.04. The molecule has 0 radical (unpaired) electrons. The van der Waals surface area contributed by atoms with E-state index < -0.39 is 0 Å². The summed E-state index contributed by atoms with van der Waals surface area (Å²) in [6, 6.07) is 7.88. The lowest BCUT2D eigenvalue weighted by Crippen LogP contribution is -2.51. The molecule has 1 amide bonds. The number of halogens is 1. The Hall–Kier alpha value is -1.59. The third-order valence-corrected chi connectivity index (χ3v) is 5.92. The number of carbonyl (C=O) groups is 1. The molecule has 1 aromatic rings. The van der Waals surface area contributed by atoms with Gasteiger partial charge in [0.05, 0.1) is 25.0 Å². The Balaban J connectivity index is 1.48. The maximum Gasteiger partial charge on any atom is 0.223 e. The van der Waals surface area contributed by atoms with E-state index in [1.54, 1.807) is 0 Å². The summed E-state index contributed by atoms with van der Waals surface area (Å²) in [7, 11) is 0. The number of hydrazone groups is 1. The van der Waals surface area contributed by atoms with Crippen molar-refractivity contribution in [3.05, 3.63) is 34.9 Å². The number of nitrogens with zero attached hydrogens (tertiary/aromatic N) is 4. The zero-order valence-electron chi connectivity index (χ0n) is 15.4. The van der Waals surface area contributed by atoms with Gasteiger partial charge in [0, 0.05) is 36.6 Å². The molecule has 26 heavy (non-hydrogen) atoms. The van der Waals surface area contributed by atoms with E-state index in [1.807, 2.05) is 29.2 Å². The molecule has 5 nitrogen and oxygen atoms in total. The minimum atomic E-state index is 0.0545. The molecule has 2 saturated heterocycles. The minimum Gasteiger partial charge on any atom is -0.332 e. The Kier molecular flexibility index (Phi) is 5.18. The van der Waals surface area contributed by atoms with Crippen molar-refractivity contribution in [1.82, 2.24) is 14.8 Å². The fraction of sp³-hybridized carbons (Fsp3) is 0.600. The van der Waals surface area contributed by atoms with Crippen LogP contribution in [0, 0.1) is 5.92 Å². The summed E-state index contributed by atoms with van der Waals surface area (Å²) in [6.45, 7) is 7.08. The first-order chi connectivity index (χ1) is 12.6. The Morgan fingerprint density at radius 3 is 2.62 bits per heavy atom. The van der Waals surface area contributed by atoms with Gasteiger partial charge in [0.1, 0.15) is 0 Å². The summed E-state index contributed by atoms with van der Waals surface area (Å²) in [5.74, 6) is 1.10. The van der Waals surface area contributed by atoms with Crippen LogP contribution in [-0.4, -0.2) is 65.3 Å². The van der Waals surface area contributed by atoms with Crippen molar-refractivity contribution < 1.29 is 4.79 Å². The zero-order chi connectivity index (χ0) is 18.1. The lowest BCUT2D eigenvalue weighted by molar-refractivity contribution is -0.128. The van der Waals surface area contributed by atoms with E-state index in [4.69, 9.17) is 16.7 Å². The van der Waals surface area contributed by atoms with Gasteiger partial charge in [-0.1, -0.05) is 37.1 Å². The van der Waals surface area contributed by atoms with E-state index in [-0.39, 0.29) is 11.9 Å². The Labute approximate surface area is 160 Å². The molecule has 0 aromatic heterocycles. The maximum absolute atomic E-state index is 12.3. The van der Waals surface area contributed by atoms with Crippen molar-refractivity contribution in [3.63, 3.8) is 0 Å². The summed E-state index contributed by atoms with van der Waals surface area (Å²) in [5, 5.41) is 7.78. The highest BCUT2D eigenvalue weighted by Gasteiger charge is 2.38. The van der Waals surface area contributed by atoms with Gasteiger partial charge in [0.25, 0.3) is 0 Å². The van der Waals surface area contributed by atoms with Crippen molar-refractivity contribution in [2.45, 2.75) is 38.6 Å². The molecule has 2 fully saturated rings. The first-order valence-corrected chi connectivity index (χ1v) is 10.1. The van der Waals surface area contributed by atoms with Crippen molar-refractivity contribution in [2.75, 3.05) is 32.8 Å². The summed E-state index contributed by atoms with van der Waals surface area (Å²) in [4.78, 5) is 16.8. The summed E-state index contributed by atoms with van der Waals surface area (Å²) in [5.41, 5.74) is 2.07. The SMILES string of the molecule is CCCC1CN(CN2CC(N3CCCC3=O)C(c3ccc(Cl)cc3)=N2)C1. The van der Waals surface area contributed by atoms with Crippen LogP contribution in [0.25, 0.3) is 0 Å². The zero-order valence-corrected chi connectivity index (χ0v) is 16.2. The number of carbonyl (C=O) groups excluding carboxylic acids is 1. The van der Waals surface area contributed by atoms with Crippen molar-refractivity contribution in [2.24, 2.45) is 11.0 Å². The Morgan fingerprint density at radius 1 is 1.19 bits per heavy atom. The van der Waals surface area contributed by atoms with Gasteiger partial charge in [-0.25, -0.2) is 0 Å². The number of rotatable bonds is 6. The topological polar surface area (TPSA) is 39.1 Å². The van der Waals surface area contributed by atoms with Gasteiger partial charge >= 0.3 is 0 Å². The van der Waals surface area contributed by atoms with E-state index in [0.29, 0.717) is 6.42 Å². The second-order valence-electron chi connectivity index (χ2n) is 7.72. The molecule has 1 unspecified atom stereocenters. The molecule has 0 bridgehead atoms. The van der Waals surface area contributed by atoms with E-state index in [1.165, 1.54) is 25.9 Å². The summed E-state index contributed by atoms with van der Waals surface area (Å²) >= 11 is 6.05. The van der Waals surface area contributed by atoms with Gasteiger partial charge < -0.3 is 4.90 Å². The highest BCUT2D eigenvalue weighted by Crippen LogP contribution is 2.26. The van der Waals surface area contributed by atoms with Gasteiger partial charge in [0.2, 0.25) is 5.91 Å². The van der Waals surface area contributed by atoms with Crippen LogP contribution >= 0.6 is 11.6 Å². The normalized spacial score (nSPS) is 24.3. The van der Waals surface area contributed by atoms with Gasteiger partial charge in [0.15, 0.2) is 0 Å². The van der Waals surface area contributed by atoms with Gasteiger partial charge in [-0.2, -0.15) is 5.10 Å². The first kappa shape index (κ1) is 17.8. The third kappa shape index (κ3) is 3.60. The quantitative estimate of drug-likeness (QED) is 0.768. The van der Waals surface area contributed by atoms with Crippen LogP contribution in [-0.2, 0) is 4.79 Å². The molecule has 3 aliphatic rings. The van der Waals surface area contributed by atoms with Crippen LogP contribution in [0.4, 0.5) is 0 Å². The molecule has 0 spiro atoms. The van der Waals surface area contributed by atoms with Crippen LogP contribution in [0.15, 0.2) is 29.4 Å². The number of amides is 1. The number of benzene rings is 1. The Morgan fingerprint density at radius 2 is 1.96 bits per heavy atom. The van der Waals surface area contributed by atoms with Crippen molar-refractivity contribution in [1.29, 1.82) is 0 Å². The molecule has 0 aliphatic carbocycles. The molecule has 4 rings (SSSR count). The minimum absolute atomic E-state index is 0.0545. The molecule has 6 heteroatoms. The number of likely N-dealkylation sites (tertiary alicyclic amines) is 2. The van der Waals surface area contributed by atoms with E-state index >= 15 is 0 Å². The largest absolute Gasteiger partial charge is 0.332 e. The summed E-state index contributed by atoms with van der Waals surface area (Å²) < 4.78 is 0. The molecular formula is C20H27ClN4O. The fourth-order valence-corrected chi connectivity index (χ4v) is 4.49. The average Bonchev–Trinajstić information content (AvgIpc) is 3.19. The van der Waals surface area contributed by atoms with E-state index in [2.05, 4.69) is 16.8 Å². The number of hydrogen-bond acceptors (Lipinski definition) is 4. The van der Waals surface area contributed by atoms with Crippen LogP contribution in [0.3, 0.4) is 0 Å². The van der Waals surface area contributed by atoms with Gasteiger partial charge in [-0.15, -0.1) is 0 Å². The molecule has 0 N–H and O–H groups in total. The predicted molar refractivity (Wildman–Crippen MR) is 104 cm³/mol. The fourth-order valence-electron chi connectivity index (χ4n) is 4.36. The van der Waals surface area contributed by atoms with E-state index in [0.717, 1.165) is 48.4 Å². The maximum atomic E-state index is 12.3.